The second-order valence-corrected chi connectivity index (χ2v) is 6.56. The minimum absolute atomic E-state index is 0.153. The van der Waals surface area contributed by atoms with Gasteiger partial charge < -0.3 is 20.1 Å². The Labute approximate surface area is 162 Å². The summed E-state index contributed by atoms with van der Waals surface area (Å²) in [6.45, 7) is 2.82. The molecule has 1 rings (SSSR count). The Hall–Kier alpha value is -2.61. The van der Waals surface area contributed by atoms with Crippen molar-refractivity contribution in [2.75, 3.05) is 20.3 Å². The largest absolute Gasteiger partial charge is 0.467 e. The topological polar surface area (TPSA) is 111 Å². The van der Waals surface area contributed by atoms with Gasteiger partial charge in [0.05, 0.1) is 7.11 Å². The van der Waals surface area contributed by atoms with Crippen LogP contribution in [0.2, 0.25) is 5.02 Å². The summed E-state index contributed by atoms with van der Waals surface area (Å²) in [5, 5.41) is 5.32. The highest BCUT2D eigenvalue weighted by atomic mass is 35.5. The molecule has 148 valence electrons. The summed E-state index contributed by atoms with van der Waals surface area (Å²) in [7, 11) is 1.23. The van der Waals surface area contributed by atoms with Gasteiger partial charge in [0.1, 0.15) is 12.6 Å². The fourth-order valence-corrected chi connectivity index (χ4v) is 2.24. The number of ether oxygens (including phenoxy) is 2. The molecule has 27 heavy (non-hydrogen) atoms. The predicted octanol–water partition coefficient (Wildman–Crippen LogP) is 1.32. The van der Waals surface area contributed by atoms with Crippen LogP contribution in [0.5, 0.6) is 0 Å². The Morgan fingerprint density at radius 1 is 1.11 bits per heavy atom. The minimum atomic E-state index is -0.814. The maximum Gasteiger partial charge on any atom is 0.328 e. The number of amides is 2. The highest BCUT2D eigenvalue weighted by Crippen LogP contribution is 2.09. The molecule has 0 aliphatic carbocycles. The number of hydrogen-bond acceptors (Lipinski definition) is 6. The predicted molar refractivity (Wildman–Crippen MR) is 98.1 cm³/mol. The number of nitrogens with one attached hydrogen (secondary N) is 2. The molecular weight excluding hydrogens is 376 g/mol. The molecule has 2 amide bonds. The van der Waals surface area contributed by atoms with Crippen molar-refractivity contribution in [1.29, 1.82) is 0 Å². The summed E-state index contributed by atoms with van der Waals surface area (Å²) in [4.78, 5) is 47.0. The van der Waals surface area contributed by atoms with Gasteiger partial charge >= 0.3 is 11.9 Å². The third kappa shape index (κ3) is 8.54. The lowest BCUT2D eigenvalue weighted by molar-refractivity contribution is -0.149. The van der Waals surface area contributed by atoms with Crippen LogP contribution < -0.4 is 10.6 Å². The van der Waals surface area contributed by atoms with Crippen molar-refractivity contribution in [2.45, 2.75) is 26.3 Å². The van der Waals surface area contributed by atoms with Crippen molar-refractivity contribution < 1.29 is 28.7 Å². The van der Waals surface area contributed by atoms with Gasteiger partial charge in [-0.05, 0) is 36.6 Å². The molecule has 0 fully saturated rings. The number of carbonyl (C=O) groups is 4. The normalized spacial score (nSPS) is 11.4. The fraction of sp³-hybridized carbons (Fsp3) is 0.444. The monoisotopic (exact) mass is 398 g/mol. The molecular formula is C18H23ClN2O6. The van der Waals surface area contributed by atoms with Crippen LogP contribution in [-0.4, -0.2) is 50.1 Å². The Kier molecular flexibility index (Phi) is 9.29. The van der Waals surface area contributed by atoms with Gasteiger partial charge in [-0.15, -0.1) is 0 Å². The van der Waals surface area contributed by atoms with Crippen molar-refractivity contribution in [3.63, 3.8) is 0 Å². The van der Waals surface area contributed by atoms with Gasteiger partial charge in [0, 0.05) is 10.6 Å². The van der Waals surface area contributed by atoms with E-state index in [0.29, 0.717) is 17.0 Å². The Bertz CT molecular complexity index is 675. The molecule has 0 saturated heterocycles. The highest BCUT2D eigenvalue weighted by Gasteiger charge is 2.23. The molecule has 8 nitrogen and oxygen atoms in total. The van der Waals surface area contributed by atoms with E-state index in [1.54, 1.807) is 12.1 Å². The number of benzene rings is 1. The van der Waals surface area contributed by atoms with Gasteiger partial charge in [-0.3, -0.25) is 14.4 Å². The van der Waals surface area contributed by atoms with Crippen LogP contribution in [0.3, 0.4) is 0 Å². The van der Waals surface area contributed by atoms with Gasteiger partial charge in [-0.25, -0.2) is 4.79 Å². The highest BCUT2D eigenvalue weighted by molar-refractivity contribution is 6.30. The number of rotatable bonds is 9. The summed E-state index contributed by atoms with van der Waals surface area (Å²) < 4.78 is 9.43. The van der Waals surface area contributed by atoms with Gasteiger partial charge in [0.25, 0.3) is 11.8 Å². The van der Waals surface area contributed by atoms with Crippen molar-refractivity contribution >= 4 is 35.4 Å². The number of carbonyl (C=O) groups excluding carboxylic acids is 4. The van der Waals surface area contributed by atoms with E-state index in [2.05, 4.69) is 15.4 Å². The molecule has 1 atom stereocenters. The summed E-state index contributed by atoms with van der Waals surface area (Å²) in [6.07, 6.45) is 0.392. The molecule has 0 spiro atoms. The molecule has 0 saturated carbocycles. The first kappa shape index (κ1) is 22.4. The molecule has 0 aliphatic heterocycles. The maximum atomic E-state index is 11.9. The molecule has 0 unspecified atom stereocenters. The molecule has 1 aromatic carbocycles. The summed E-state index contributed by atoms with van der Waals surface area (Å²) in [5.74, 6) is -2.32. The molecule has 0 heterocycles. The van der Waals surface area contributed by atoms with E-state index in [4.69, 9.17) is 16.3 Å². The molecule has 1 aromatic rings. The Balaban J connectivity index is 2.39. The first-order chi connectivity index (χ1) is 12.7. The van der Waals surface area contributed by atoms with Crippen molar-refractivity contribution in [2.24, 2.45) is 5.92 Å². The third-order valence-electron chi connectivity index (χ3n) is 3.39. The van der Waals surface area contributed by atoms with Crippen LogP contribution >= 0.6 is 11.6 Å². The van der Waals surface area contributed by atoms with E-state index in [-0.39, 0.29) is 5.92 Å². The number of methoxy groups -OCH3 is 1. The van der Waals surface area contributed by atoms with Crippen LogP contribution in [0.15, 0.2) is 24.3 Å². The molecule has 0 aliphatic rings. The minimum Gasteiger partial charge on any atom is -0.467 e. The van der Waals surface area contributed by atoms with E-state index in [1.807, 2.05) is 13.8 Å². The zero-order chi connectivity index (χ0) is 20.4. The first-order valence-electron chi connectivity index (χ1n) is 8.29. The fourth-order valence-electron chi connectivity index (χ4n) is 2.12. The molecule has 0 radical (unpaired) electrons. The van der Waals surface area contributed by atoms with Crippen LogP contribution in [-0.2, 0) is 23.9 Å². The summed E-state index contributed by atoms with van der Waals surface area (Å²) >= 11 is 5.73. The van der Waals surface area contributed by atoms with Crippen molar-refractivity contribution in [1.82, 2.24) is 10.6 Å². The number of hydrogen-bond donors (Lipinski definition) is 2. The van der Waals surface area contributed by atoms with E-state index in [0.717, 1.165) is 0 Å². The van der Waals surface area contributed by atoms with Gasteiger partial charge in [-0.2, -0.15) is 0 Å². The number of esters is 2. The first-order valence-corrected chi connectivity index (χ1v) is 8.67. The number of halogens is 1. The standard InChI is InChI=1S/C18H23ClN2O6/c1-11(2)8-14(18(25)26-3)21-15(22)10-27-16(23)9-20-17(24)12-4-6-13(19)7-5-12/h4-7,11,14H,8-10H2,1-3H3,(H,20,24)(H,21,22)/t14-/m1/s1. The van der Waals surface area contributed by atoms with E-state index < -0.39 is 42.9 Å². The lowest BCUT2D eigenvalue weighted by atomic mass is 10.0. The van der Waals surface area contributed by atoms with Gasteiger partial charge in [-0.1, -0.05) is 25.4 Å². The van der Waals surface area contributed by atoms with Crippen LogP contribution in [0, 0.1) is 5.92 Å². The van der Waals surface area contributed by atoms with E-state index in [1.165, 1.54) is 19.2 Å². The Morgan fingerprint density at radius 3 is 2.30 bits per heavy atom. The smallest absolute Gasteiger partial charge is 0.328 e. The third-order valence-corrected chi connectivity index (χ3v) is 3.64. The Morgan fingerprint density at radius 2 is 1.74 bits per heavy atom. The lowest BCUT2D eigenvalue weighted by Crippen LogP contribution is -2.44. The van der Waals surface area contributed by atoms with Crippen LogP contribution in [0.25, 0.3) is 0 Å². The van der Waals surface area contributed by atoms with Crippen LogP contribution in [0.4, 0.5) is 0 Å². The summed E-state index contributed by atoms with van der Waals surface area (Å²) in [6, 6.07) is 5.31. The van der Waals surface area contributed by atoms with Crippen LogP contribution in [0.1, 0.15) is 30.6 Å². The zero-order valence-electron chi connectivity index (χ0n) is 15.4. The average molecular weight is 399 g/mol. The molecule has 2 N–H and O–H groups in total. The quantitative estimate of drug-likeness (QED) is 0.607. The maximum absolute atomic E-state index is 11.9. The summed E-state index contributed by atoms with van der Waals surface area (Å²) in [5.41, 5.74) is 0.333. The second kappa shape index (κ2) is 11.2. The van der Waals surface area contributed by atoms with Crippen molar-refractivity contribution in [3.05, 3.63) is 34.9 Å². The average Bonchev–Trinajstić information content (AvgIpc) is 2.63. The lowest BCUT2D eigenvalue weighted by Gasteiger charge is -2.18. The van der Waals surface area contributed by atoms with E-state index in [9.17, 15) is 19.2 Å². The zero-order valence-corrected chi connectivity index (χ0v) is 16.2. The molecule has 0 aromatic heterocycles. The molecule has 9 heteroatoms. The van der Waals surface area contributed by atoms with Gasteiger partial charge in [0.15, 0.2) is 6.61 Å². The van der Waals surface area contributed by atoms with Gasteiger partial charge in [0.2, 0.25) is 0 Å². The SMILES string of the molecule is COC(=O)[C@@H](CC(C)C)NC(=O)COC(=O)CNC(=O)c1ccc(Cl)cc1. The molecule has 0 bridgehead atoms. The van der Waals surface area contributed by atoms with Crippen molar-refractivity contribution in [3.8, 4) is 0 Å². The second-order valence-electron chi connectivity index (χ2n) is 6.12. The van der Waals surface area contributed by atoms with E-state index >= 15 is 0 Å².